The van der Waals surface area contributed by atoms with Crippen LogP contribution in [-0.2, 0) is 15.9 Å². The molecule has 0 aliphatic heterocycles. The predicted octanol–water partition coefficient (Wildman–Crippen LogP) is 2.46. The second kappa shape index (κ2) is 7.24. The van der Waals surface area contributed by atoms with Gasteiger partial charge >= 0.3 is 0 Å². The Morgan fingerprint density at radius 3 is 3.06 bits per heavy atom. The van der Waals surface area contributed by atoms with Gasteiger partial charge in [0.05, 0.1) is 18.8 Å². The van der Waals surface area contributed by atoms with Gasteiger partial charge in [-0.15, -0.1) is 11.3 Å². The summed E-state index contributed by atoms with van der Waals surface area (Å²) in [5.41, 5.74) is 0. The van der Waals surface area contributed by atoms with E-state index in [-0.39, 0.29) is 12.2 Å². The number of ether oxygens (including phenoxy) is 2. The average molecular weight is 269 g/mol. The SMILES string of the molecule is CCCNC1CC(OCCc2cccs2)C1OC. The molecule has 3 unspecified atom stereocenters. The lowest BCUT2D eigenvalue weighted by Crippen LogP contribution is -2.60. The van der Waals surface area contributed by atoms with Crippen LogP contribution in [0.3, 0.4) is 0 Å². The molecule has 0 spiro atoms. The molecule has 4 heteroatoms. The Bertz CT molecular complexity index is 329. The van der Waals surface area contributed by atoms with Crippen LogP contribution in [0.2, 0.25) is 0 Å². The number of methoxy groups -OCH3 is 1. The number of hydrogen-bond donors (Lipinski definition) is 1. The van der Waals surface area contributed by atoms with Crippen LogP contribution in [0.1, 0.15) is 24.6 Å². The third kappa shape index (κ3) is 3.54. The fraction of sp³-hybridized carbons (Fsp3) is 0.714. The molecule has 102 valence electrons. The molecule has 1 aromatic rings. The molecule has 0 bridgehead atoms. The van der Waals surface area contributed by atoms with E-state index in [1.54, 1.807) is 18.4 Å². The van der Waals surface area contributed by atoms with Gasteiger partial charge in [-0.05, 0) is 30.8 Å². The second-order valence-electron chi connectivity index (χ2n) is 4.74. The zero-order chi connectivity index (χ0) is 12.8. The molecule has 18 heavy (non-hydrogen) atoms. The summed E-state index contributed by atoms with van der Waals surface area (Å²) < 4.78 is 11.4. The smallest absolute Gasteiger partial charge is 0.0986 e. The molecule has 1 N–H and O–H groups in total. The fourth-order valence-electron chi connectivity index (χ4n) is 2.36. The maximum absolute atomic E-state index is 5.91. The highest BCUT2D eigenvalue weighted by molar-refractivity contribution is 7.09. The molecule has 1 fully saturated rings. The summed E-state index contributed by atoms with van der Waals surface area (Å²) >= 11 is 1.79. The van der Waals surface area contributed by atoms with Crippen molar-refractivity contribution in [3.8, 4) is 0 Å². The Morgan fingerprint density at radius 2 is 2.39 bits per heavy atom. The largest absolute Gasteiger partial charge is 0.377 e. The van der Waals surface area contributed by atoms with Gasteiger partial charge in [0.1, 0.15) is 0 Å². The van der Waals surface area contributed by atoms with E-state index in [0.29, 0.717) is 6.04 Å². The minimum Gasteiger partial charge on any atom is -0.377 e. The Kier molecular flexibility index (Phi) is 5.63. The van der Waals surface area contributed by atoms with E-state index in [1.165, 1.54) is 4.88 Å². The van der Waals surface area contributed by atoms with Crippen LogP contribution in [-0.4, -0.2) is 38.5 Å². The first-order chi connectivity index (χ1) is 8.85. The van der Waals surface area contributed by atoms with Crippen LogP contribution in [0.5, 0.6) is 0 Å². The summed E-state index contributed by atoms with van der Waals surface area (Å²) in [6, 6.07) is 4.72. The number of hydrogen-bond acceptors (Lipinski definition) is 4. The fourth-order valence-corrected chi connectivity index (χ4v) is 3.05. The zero-order valence-electron chi connectivity index (χ0n) is 11.2. The molecule has 1 saturated carbocycles. The normalized spacial score (nSPS) is 27.1. The van der Waals surface area contributed by atoms with Crippen molar-refractivity contribution in [2.45, 2.75) is 44.4 Å². The molecule has 0 amide bonds. The monoisotopic (exact) mass is 269 g/mol. The Morgan fingerprint density at radius 1 is 1.50 bits per heavy atom. The molecular weight excluding hydrogens is 246 g/mol. The van der Waals surface area contributed by atoms with E-state index in [4.69, 9.17) is 9.47 Å². The zero-order valence-corrected chi connectivity index (χ0v) is 12.0. The van der Waals surface area contributed by atoms with Crippen molar-refractivity contribution in [1.29, 1.82) is 0 Å². The highest BCUT2D eigenvalue weighted by Gasteiger charge is 2.41. The topological polar surface area (TPSA) is 30.5 Å². The van der Waals surface area contributed by atoms with E-state index in [2.05, 4.69) is 29.8 Å². The lowest BCUT2D eigenvalue weighted by atomic mass is 9.85. The van der Waals surface area contributed by atoms with E-state index in [9.17, 15) is 0 Å². The van der Waals surface area contributed by atoms with E-state index < -0.39 is 0 Å². The van der Waals surface area contributed by atoms with E-state index in [0.717, 1.165) is 32.4 Å². The summed E-state index contributed by atoms with van der Waals surface area (Å²) in [5, 5.41) is 5.61. The summed E-state index contributed by atoms with van der Waals surface area (Å²) in [5.74, 6) is 0. The Labute approximate surface area is 113 Å². The van der Waals surface area contributed by atoms with Gasteiger partial charge in [0.25, 0.3) is 0 Å². The van der Waals surface area contributed by atoms with Crippen molar-refractivity contribution in [3.05, 3.63) is 22.4 Å². The van der Waals surface area contributed by atoms with Crippen LogP contribution in [0.15, 0.2) is 17.5 Å². The van der Waals surface area contributed by atoms with Crippen LogP contribution in [0, 0.1) is 0 Å². The lowest BCUT2D eigenvalue weighted by Gasteiger charge is -2.43. The molecule has 2 rings (SSSR count). The van der Waals surface area contributed by atoms with Crippen molar-refractivity contribution in [2.24, 2.45) is 0 Å². The molecule has 0 radical (unpaired) electrons. The van der Waals surface area contributed by atoms with Crippen molar-refractivity contribution < 1.29 is 9.47 Å². The van der Waals surface area contributed by atoms with Crippen molar-refractivity contribution in [1.82, 2.24) is 5.32 Å². The van der Waals surface area contributed by atoms with Gasteiger partial charge < -0.3 is 14.8 Å². The molecule has 1 aromatic heterocycles. The predicted molar refractivity (Wildman–Crippen MR) is 75.3 cm³/mol. The Hall–Kier alpha value is -0.420. The van der Waals surface area contributed by atoms with Gasteiger partial charge in [0, 0.05) is 24.4 Å². The lowest BCUT2D eigenvalue weighted by molar-refractivity contribution is -0.133. The van der Waals surface area contributed by atoms with E-state index >= 15 is 0 Å². The first-order valence-electron chi connectivity index (χ1n) is 6.75. The Balaban J connectivity index is 1.65. The van der Waals surface area contributed by atoms with Crippen LogP contribution in [0.4, 0.5) is 0 Å². The van der Waals surface area contributed by atoms with Gasteiger partial charge in [-0.3, -0.25) is 0 Å². The minimum absolute atomic E-state index is 0.222. The number of nitrogens with one attached hydrogen (secondary N) is 1. The molecule has 3 nitrogen and oxygen atoms in total. The van der Waals surface area contributed by atoms with Crippen molar-refractivity contribution in [3.63, 3.8) is 0 Å². The molecule has 1 heterocycles. The molecule has 0 saturated heterocycles. The van der Waals surface area contributed by atoms with Gasteiger partial charge in [-0.2, -0.15) is 0 Å². The second-order valence-corrected chi connectivity index (χ2v) is 5.77. The minimum atomic E-state index is 0.222. The summed E-state index contributed by atoms with van der Waals surface area (Å²) in [6.07, 6.45) is 3.74. The van der Waals surface area contributed by atoms with Gasteiger partial charge in [-0.1, -0.05) is 13.0 Å². The number of thiophene rings is 1. The van der Waals surface area contributed by atoms with Crippen LogP contribution < -0.4 is 5.32 Å². The number of rotatable bonds is 8. The third-order valence-corrected chi connectivity index (χ3v) is 4.37. The molecule has 1 aliphatic carbocycles. The van der Waals surface area contributed by atoms with Crippen LogP contribution in [0.25, 0.3) is 0 Å². The quantitative estimate of drug-likeness (QED) is 0.786. The highest BCUT2D eigenvalue weighted by Crippen LogP contribution is 2.27. The summed E-state index contributed by atoms with van der Waals surface area (Å²) in [7, 11) is 1.78. The third-order valence-electron chi connectivity index (χ3n) is 3.44. The molecular formula is C14H23NO2S. The van der Waals surface area contributed by atoms with Gasteiger partial charge in [0.15, 0.2) is 0 Å². The van der Waals surface area contributed by atoms with Crippen LogP contribution >= 0.6 is 11.3 Å². The highest BCUT2D eigenvalue weighted by atomic mass is 32.1. The maximum atomic E-state index is 5.91. The molecule has 3 atom stereocenters. The van der Waals surface area contributed by atoms with Gasteiger partial charge in [0.2, 0.25) is 0 Å². The van der Waals surface area contributed by atoms with Crippen molar-refractivity contribution in [2.75, 3.05) is 20.3 Å². The standard InChI is InChI=1S/C14H23NO2S/c1-3-7-15-12-10-13(14(12)16-2)17-8-6-11-5-4-9-18-11/h4-5,9,12-15H,3,6-8,10H2,1-2H3. The summed E-state index contributed by atoms with van der Waals surface area (Å²) in [4.78, 5) is 1.39. The van der Waals surface area contributed by atoms with E-state index in [1.807, 2.05) is 0 Å². The average Bonchev–Trinajstić information content (AvgIpc) is 2.85. The maximum Gasteiger partial charge on any atom is 0.0986 e. The first kappa shape index (κ1) is 14.0. The molecule has 0 aromatic carbocycles. The first-order valence-corrected chi connectivity index (χ1v) is 7.63. The van der Waals surface area contributed by atoms with Crippen molar-refractivity contribution >= 4 is 11.3 Å². The summed E-state index contributed by atoms with van der Waals surface area (Å²) in [6.45, 7) is 4.04. The molecule has 1 aliphatic rings. The van der Waals surface area contributed by atoms with Gasteiger partial charge in [-0.25, -0.2) is 0 Å².